The van der Waals surface area contributed by atoms with E-state index >= 15 is 0 Å². The van der Waals surface area contributed by atoms with Crippen LogP contribution in [-0.4, -0.2) is 43.5 Å². The van der Waals surface area contributed by atoms with Gasteiger partial charge in [-0.05, 0) is 31.1 Å². The van der Waals surface area contributed by atoms with Crippen LogP contribution in [0.2, 0.25) is 0 Å². The summed E-state index contributed by atoms with van der Waals surface area (Å²) in [5.41, 5.74) is 5.80. The van der Waals surface area contributed by atoms with E-state index in [2.05, 4.69) is 10.6 Å². The Morgan fingerprint density at radius 2 is 1.62 bits per heavy atom. The monoisotopic (exact) mass is 371 g/mol. The van der Waals surface area contributed by atoms with E-state index in [9.17, 15) is 14.4 Å². The van der Waals surface area contributed by atoms with Gasteiger partial charge < -0.3 is 21.1 Å². The number of alkyl carbamates (subject to hydrolysis) is 1. The van der Waals surface area contributed by atoms with Crippen molar-refractivity contribution in [3.05, 3.63) is 0 Å². The van der Waals surface area contributed by atoms with Gasteiger partial charge in [-0.1, -0.05) is 34.6 Å². The standard InChI is InChI=1S/C19H37N3O4/c1-14(2)16(23)10-8-12-21-17(24)15(20)9-6-7-11-22-18(25)26-13-19(3,4)5/h14-15H,6-13,20H2,1-5H3,(H,21,24)(H,22,25). The third-order valence-electron chi connectivity index (χ3n) is 3.73. The van der Waals surface area contributed by atoms with Gasteiger partial charge in [-0.25, -0.2) is 4.79 Å². The maximum Gasteiger partial charge on any atom is 0.407 e. The van der Waals surface area contributed by atoms with Crippen molar-refractivity contribution < 1.29 is 19.1 Å². The zero-order valence-corrected chi connectivity index (χ0v) is 17.0. The molecule has 2 amide bonds. The molecular formula is C19H37N3O4. The first-order chi connectivity index (χ1) is 12.0. The van der Waals surface area contributed by atoms with Crippen LogP contribution in [-0.2, 0) is 14.3 Å². The predicted octanol–water partition coefficient (Wildman–Crippen LogP) is 2.38. The quantitative estimate of drug-likeness (QED) is 0.456. The lowest BCUT2D eigenvalue weighted by atomic mass is 9.99. The zero-order chi connectivity index (χ0) is 20.2. The van der Waals surface area contributed by atoms with Gasteiger partial charge in [0.05, 0.1) is 12.6 Å². The first kappa shape index (κ1) is 24.4. The minimum atomic E-state index is -0.566. The number of rotatable bonds is 12. The van der Waals surface area contributed by atoms with Gasteiger partial charge in [0.1, 0.15) is 5.78 Å². The molecule has 7 nitrogen and oxygen atoms in total. The van der Waals surface area contributed by atoms with Crippen LogP contribution < -0.4 is 16.4 Å². The highest BCUT2D eigenvalue weighted by molar-refractivity contribution is 5.82. The minimum Gasteiger partial charge on any atom is -0.449 e. The van der Waals surface area contributed by atoms with Gasteiger partial charge in [0, 0.05) is 25.4 Å². The number of ketones is 1. The van der Waals surface area contributed by atoms with Crippen LogP contribution in [0.1, 0.15) is 66.7 Å². The molecule has 0 fully saturated rings. The fraction of sp³-hybridized carbons (Fsp3) is 0.842. The van der Waals surface area contributed by atoms with Crippen molar-refractivity contribution in [2.24, 2.45) is 17.1 Å². The molecule has 0 aliphatic carbocycles. The van der Waals surface area contributed by atoms with Gasteiger partial charge in [-0.3, -0.25) is 9.59 Å². The smallest absolute Gasteiger partial charge is 0.407 e. The van der Waals surface area contributed by atoms with Gasteiger partial charge in [0.25, 0.3) is 0 Å². The molecule has 0 aromatic heterocycles. The molecule has 26 heavy (non-hydrogen) atoms. The Morgan fingerprint density at radius 1 is 1.00 bits per heavy atom. The van der Waals surface area contributed by atoms with E-state index in [0.29, 0.717) is 39.0 Å². The molecule has 1 atom stereocenters. The Labute approximate surface area is 157 Å². The Bertz CT molecular complexity index is 445. The Morgan fingerprint density at radius 3 is 2.19 bits per heavy atom. The number of carbonyl (C=O) groups excluding carboxylic acids is 3. The highest BCUT2D eigenvalue weighted by Crippen LogP contribution is 2.12. The summed E-state index contributed by atoms with van der Waals surface area (Å²) < 4.78 is 5.10. The molecule has 0 saturated carbocycles. The number of hydrogen-bond acceptors (Lipinski definition) is 5. The van der Waals surface area contributed by atoms with Crippen LogP contribution in [0.25, 0.3) is 0 Å². The lowest BCUT2D eigenvalue weighted by Gasteiger charge is -2.18. The van der Waals surface area contributed by atoms with Crippen LogP contribution in [0.15, 0.2) is 0 Å². The van der Waals surface area contributed by atoms with Gasteiger partial charge >= 0.3 is 6.09 Å². The van der Waals surface area contributed by atoms with E-state index in [4.69, 9.17) is 10.5 Å². The summed E-state index contributed by atoms with van der Waals surface area (Å²) >= 11 is 0. The van der Waals surface area contributed by atoms with Crippen LogP contribution in [0.4, 0.5) is 4.79 Å². The molecule has 0 heterocycles. The van der Waals surface area contributed by atoms with Gasteiger partial charge in [-0.15, -0.1) is 0 Å². The molecule has 0 bridgehead atoms. The summed E-state index contributed by atoms with van der Waals surface area (Å²) in [5, 5.41) is 5.45. The number of carbonyl (C=O) groups is 3. The van der Waals surface area contributed by atoms with E-state index in [1.807, 2.05) is 34.6 Å². The third kappa shape index (κ3) is 13.6. The van der Waals surface area contributed by atoms with E-state index in [-0.39, 0.29) is 23.0 Å². The molecule has 0 aromatic rings. The van der Waals surface area contributed by atoms with Crippen molar-refractivity contribution in [2.75, 3.05) is 19.7 Å². The van der Waals surface area contributed by atoms with Crippen LogP contribution in [0, 0.1) is 11.3 Å². The normalized spacial score (nSPS) is 12.6. The maximum atomic E-state index is 11.9. The largest absolute Gasteiger partial charge is 0.449 e. The van der Waals surface area contributed by atoms with E-state index in [1.165, 1.54) is 0 Å². The van der Waals surface area contributed by atoms with E-state index in [1.54, 1.807) is 0 Å². The van der Waals surface area contributed by atoms with Crippen molar-refractivity contribution in [3.8, 4) is 0 Å². The molecule has 0 rings (SSSR count). The van der Waals surface area contributed by atoms with Crippen LogP contribution in [0.5, 0.6) is 0 Å². The summed E-state index contributed by atoms with van der Waals surface area (Å²) in [6.07, 6.45) is 2.71. The lowest BCUT2D eigenvalue weighted by Crippen LogP contribution is -2.41. The average Bonchev–Trinajstić information content (AvgIpc) is 2.55. The Balaban J connectivity index is 3.69. The number of Topliss-reactive ketones (excluding diaryl/α,β-unsaturated/α-hetero) is 1. The zero-order valence-electron chi connectivity index (χ0n) is 17.0. The SMILES string of the molecule is CC(C)C(=O)CCCNC(=O)C(N)CCCCNC(=O)OCC(C)(C)C. The second-order valence-corrected chi connectivity index (χ2v) is 8.18. The number of nitrogens with one attached hydrogen (secondary N) is 2. The van der Waals surface area contributed by atoms with Crippen LogP contribution in [0.3, 0.4) is 0 Å². The van der Waals surface area contributed by atoms with Gasteiger partial charge in [0.2, 0.25) is 5.91 Å². The summed E-state index contributed by atoms with van der Waals surface area (Å²) in [5.74, 6) is 0.0453. The number of ether oxygens (including phenoxy) is 1. The fourth-order valence-corrected chi connectivity index (χ4v) is 2.04. The number of nitrogens with two attached hydrogens (primary N) is 1. The molecule has 0 aliphatic rings. The second kappa shape index (κ2) is 12.7. The topological polar surface area (TPSA) is 111 Å². The number of amides is 2. The first-order valence-electron chi connectivity index (χ1n) is 9.49. The number of unbranched alkanes of at least 4 members (excludes halogenated alkanes) is 1. The maximum absolute atomic E-state index is 11.9. The Hall–Kier alpha value is -1.63. The first-order valence-corrected chi connectivity index (χ1v) is 9.49. The average molecular weight is 372 g/mol. The molecule has 0 radical (unpaired) electrons. The van der Waals surface area contributed by atoms with Crippen molar-refractivity contribution >= 4 is 17.8 Å². The second-order valence-electron chi connectivity index (χ2n) is 8.18. The number of hydrogen-bond donors (Lipinski definition) is 3. The summed E-state index contributed by atoms with van der Waals surface area (Å²) in [6, 6.07) is -0.566. The molecule has 0 spiro atoms. The third-order valence-corrected chi connectivity index (χ3v) is 3.73. The summed E-state index contributed by atoms with van der Waals surface area (Å²) in [6.45, 7) is 11.1. The van der Waals surface area contributed by atoms with Crippen molar-refractivity contribution in [2.45, 2.75) is 72.8 Å². The molecule has 0 aliphatic heterocycles. The Kier molecular flexibility index (Phi) is 11.9. The molecule has 7 heteroatoms. The minimum absolute atomic E-state index is 0.0345. The van der Waals surface area contributed by atoms with Crippen molar-refractivity contribution in [3.63, 3.8) is 0 Å². The lowest BCUT2D eigenvalue weighted by molar-refractivity contribution is -0.124. The van der Waals surface area contributed by atoms with Gasteiger partial charge in [-0.2, -0.15) is 0 Å². The highest BCUT2D eigenvalue weighted by atomic mass is 16.5. The summed E-state index contributed by atoms with van der Waals surface area (Å²) in [7, 11) is 0. The molecule has 0 aromatic carbocycles. The summed E-state index contributed by atoms with van der Waals surface area (Å²) in [4.78, 5) is 34.8. The molecule has 1 unspecified atom stereocenters. The van der Waals surface area contributed by atoms with E-state index < -0.39 is 12.1 Å². The van der Waals surface area contributed by atoms with Crippen molar-refractivity contribution in [1.29, 1.82) is 0 Å². The van der Waals surface area contributed by atoms with Crippen molar-refractivity contribution in [1.82, 2.24) is 10.6 Å². The van der Waals surface area contributed by atoms with Gasteiger partial charge in [0.15, 0.2) is 0 Å². The molecular weight excluding hydrogens is 334 g/mol. The van der Waals surface area contributed by atoms with E-state index in [0.717, 1.165) is 12.8 Å². The fourth-order valence-electron chi connectivity index (χ4n) is 2.04. The van der Waals surface area contributed by atoms with Crippen LogP contribution >= 0.6 is 0 Å². The molecule has 152 valence electrons. The highest BCUT2D eigenvalue weighted by Gasteiger charge is 2.14. The molecule has 4 N–H and O–H groups in total. The molecule has 0 saturated heterocycles. The predicted molar refractivity (Wildman–Crippen MR) is 103 cm³/mol.